The first-order chi connectivity index (χ1) is 12.9. The molecule has 1 fully saturated rings. The van der Waals surface area contributed by atoms with Crippen molar-refractivity contribution in [2.24, 2.45) is 0 Å². The Bertz CT molecular complexity index is 928. The highest BCUT2D eigenvalue weighted by Crippen LogP contribution is 2.22. The van der Waals surface area contributed by atoms with Gasteiger partial charge in [0, 0.05) is 18.7 Å². The molecule has 1 amide bonds. The quantitative estimate of drug-likeness (QED) is 0.698. The van der Waals surface area contributed by atoms with E-state index in [2.05, 4.69) is 15.0 Å². The summed E-state index contributed by atoms with van der Waals surface area (Å²) < 4.78 is 32.2. The topological polar surface area (TPSA) is 97.4 Å². The van der Waals surface area contributed by atoms with Crippen LogP contribution in [0.1, 0.15) is 35.8 Å². The fraction of sp³-hybridized carbons (Fsp3) is 0.333. The number of amides is 1. The third kappa shape index (κ3) is 5.18. The number of nitrogens with zero attached hydrogens (tertiary/aromatic N) is 1. The lowest BCUT2D eigenvalue weighted by atomic mass is 10.2. The van der Waals surface area contributed by atoms with E-state index in [1.807, 2.05) is 6.92 Å². The van der Waals surface area contributed by atoms with Crippen LogP contribution in [0.5, 0.6) is 5.88 Å². The number of sulfonamides is 1. The minimum absolute atomic E-state index is 0.0543. The number of carbonyl (C=O) groups is 1. The van der Waals surface area contributed by atoms with E-state index >= 15 is 0 Å². The second-order valence-electron chi connectivity index (χ2n) is 6.14. The Labute approximate surface area is 163 Å². The molecule has 1 saturated carbocycles. The fourth-order valence-electron chi connectivity index (χ4n) is 2.35. The van der Waals surface area contributed by atoms with E-state index in [0.717, 1.165) is 18.4 Å². The molecule has 2 N–H and O–H groups in total. The van der Waals surface area contributed by atoms with Crippen LogP contribution in [0, 0.1) is 0 Å². The average molecular weight is 410 g/mol. The van der Waals surface area contributed by atoms with Crippen LogP contribution in [-0.2, 0) is 16.6 Å². The molecule has 1 aliphatic carbocycles. The largest absolute Gasteiger partial charge is 0.478 e. The van der Waals surface area contributed by atoms with Crippen LogP contribution < -0.4 is 14.8 Å². The molecule has 7 nitrogen and oxygen atoms in total. The lowest BCUT2D eigenvalue weighted by Gasteiger charge is -2.09. The zero-order chi connectivity index (χ0) is 19.4. The van der Waals surface area contributed by atoms with Gasteiger partial charge in [-0.1, -0.05) is 23.7 Å². The summed E-state index contributed by atoms with van der Waals surface area (Å²) in [4.78, 5) is 16.6. The Balaban J connectivity index is 1.63. The number of pyridine rings is 1. The van der Waals surface area contributed by atoms with E-state index in [-0.39, 0.29) is 28.2 Å². The van der Waals surface area contributed by atoms with Crippen LogP contribution in [0.3, 0.4) is 0 Å². The first kappa shape index (κ1) is 19.6. The minimum atomic E-state index is -3.48. The van der Waals surface area contributed by atoms with Crippen LogP contribution in [0.25, 0.3) is 0 Å². The highest BCUT2D eigenvalue weighted by Gasteiger charge is 2.27. The van der Waals surface area contributed by atoms with Gasteiger partial charge in [-0.05, 0) is 43.5 Å². The van der Waals surface area contributed by atoms with Gasteiger partial charge in [-0.3, -0.25) is 4.79 Å². The van der Waals surface area contributed by atoms with Gasteiger partial charge in [-0.25, -0.2) is 18.1 Å². The number of nitrogens with one attached hydrogen (secondary N) is 2. The Hall–Kier alpha value is -2.16. The number of ether oxygens (including phenoxy) is 1. The minimum Gasteiger partial charge on any atom is -0.478 e. The molecule has 0 unspecified atom stereocenters. The van der Waals surface area contributed by atoms with Crippen molar-refractivity contribution >= 4 is 27.5 Å². The maximum Gasteiger partial charge on any atom is 0.271 e. The molecule has 27 heavy (non-hydrogen) atoms. The van der Waals surface area contributed by atoms with Gasteiger partial charge in [0.2, 0.25) is 15.9 Å². The average Bonchev–Trinajstić information content (AvgIpc) is 3.45. The monoisotopic (exact) mass is 409 g/mol. The first-order valence-electron chi connectivity index (χ1n) is 8.58. The molecular weight excluding hydrogens is 390 g/mol. The molecule has 3 rings (SSSR count). The number of benzene rings is 1. The first-order valence-corrected chi connectivity index (χ1v) is 10.4. The lowest BCUT2D eigenvalue weighted by Crippen LogP contribution is -2.26. The summed E-state index contributed by atoms with van der Waals surface area (Å²) in [6.45, 7) is 2.46. The molecule has 0 saturated heterocycles. The van der Waals surface area contributed by atoms with Crippen LogP contribution in [0.2, 0.25) is 5.02 Å². The SMILES string of the molecule is CCOc1ccc(Cl)c(C(=O)NCc2ccc(S(=O)(=O)NC3CC3)cc2)n1. The van der Waals surface area contributed by atoms with Crippen molar-refractivity contribution in [3.8, 4) is 5.88 Å². The molecule has 144 valence electrons. The van der Waals surface area contributed by atoms with E-state index in [1.54, 1.807) is 24.3 Å². The second kappa shape index (κ2) is 8.24. The summed E-state index contributed by atoms with van der Waals surface area (Å²) in [5.74, 6) is -0.113. The van der Waals surface area contributed by atoms with Gasteiger partial charge < -0.3 is 10.1 Å². The van der Waals surface area contributed by atoms with Crippen LogP contribution >= 0.6 is 11.6 Å². The Morgan fingerprint density at radius 3 is 2.56 bits per heavy atom. The zero-order valence-electron chi connectivity index (χ0n) is 14.7. The molecule has 2 aromatic rings. The molecule has 1 aliphatic rings. The van der Waals surface area contributed by atoms with Gasteiger partial charge in [-0.15, -0.1) is 0 Å². The Kier molecular flexibility index (Phi) is 5.98. The number of carbonyl (C=O) groups excluding carboxylic acids is 1. The molecular formula is C18H20ClN3O4S. The third-order valence-electron chi connectivity index (χ3n) is 3.91. The maximum atomic E-state index is 12.3. The number of hydrogen-bond acceptors (Lipinski definition) is 5. The number of hydrogen-bond donors (Lipinski definition) is 2. The second-order valence-corrected chi connectivity index (χ2v) is 8.26. The van der Waals surface area contributed by atoms with Crippen LogP contribution in [0.4, 0.5) is 0 Å². The fourth-order valence-corrected chi connectivity index (χ4v) is 3.85. The van der Waals surface area contributed by atoms with E-state index in [9.17, 15) is 13.2 Å². The maximum absolute atomic E-state index is 12.3. The van der Waals surface area contributed by atoms with E-state index in [1.165, 1.54) is 12.1 Å². The summed E-state index contributed by atoms with van der Waals surface area (Å²) in [7, 11) is -3.48. The van der Waals surface area contributed by atoms with Crippen molar-refractivity contribution in [2.45, 2.75) is 37.2 Å². The van der Waals surface area contributed by atoms with Crippen molar-refractivity contribution in [2.75, 3.05) is 6.61 Å². The summed E-state index contributed by atoms with van der Waals surface area (Å²) in [5, 5.41) is 2.94. The molecule has 9 heteroatoms. The third-order valence-corrected chi connectivity index (χ3v) is 5.76. The molecule has 1 heterocycles. The Morgan fingerprint density at radius 2 is 1.93 bits per heavy atom. The normalized spacial score (nSPS) is 14.0. The van der Waals surface area contributed by atoms with E-state index in [4.69, 9.17) is 16.3 Å². The summed E-state index contributed by atoms with van der Waals surface area (Å²) in [6.07, 6.45) is 1.76. The van der Waals surface area contributed by atoms with Gasteiger partial charge >= 0.3 is 0 Å². The van der Waals surface area contributed by atoms with Gasteiger partial charge in [-0.2, -0.15) is 0 Å². The smallest absolute Gasteiger partial charge is 0.271 e. The van der Waals surface area contributed by atoms with E-state index < -0.39 is 15.9 Å². The standard InChI is InChI=1S/C18H20ClN3O4S/c1-2-26-16-10-9-15(19)17(21-16)18(23)20-11-12-3-7-14(8-4-12)27(24,25)22-13-5-6-13/h3-4,7-10,13,22H,2,5-6,11H2,1H3,(H,20,23). The summed E-state index contributed by atoms with van der Waals surface area (Å²) >= 11 is 6.04. The summed E-state index contributed by atoms with van der Waals surface area (Å²) in [5.41, 5.74) is 0.834. The highest BCUT2D eigenvalue weighted by atomic mass is 35.5. The molecule has 0 spiro atoms. The van der Waals surface area contributed by atoms with Crippen LogP contribution in [-0.4, -0.2) is 32.0 Å². The summed E-state index contributed by atoms with van der Waals surface area (Å²) in [6, 6.07) is 9.57. The molecule has 1 aromatic heterocycles. The number of aromatic nitrogens is 1. The van der Waals surface area contributed by atoms with Gasteiger partial charge in [0.15, 0.2) is 5.69 Å². The van der Waals surface area contributed by atoms with Crippen molar-refractivity contribution in [1.29, 1.82) is 0 Å². The molecule has 1 aromatic carbocycles. The molecule has 0 bridgehead atoms. The van der Waals surface area contributed by atoms with Gasteiger partial charge in [0.05, 0.1) is 16.5 Å². The molecule has 0 aliphatic heterocycles. The van der Waals surface area contributed by atoms with Crippen molar-refractivity contribution in [1.82, 2.24) is 15.0 Å². The van der Waals surface area contributed by atoms with Gasteiger partial charge in [0.25, 0.3) is 5.91 Å². The number of rotatable bonds is 8. The van der Waals surface area contributed by atoms with Crippen LogP contribution in [0.15, 0.2) is 41.3 Å². The predicted octanol–water partition coefficient (Wildman–Crippen LogP) is 2.50. The zero-order valence-corrected chi connectivity index (χ0v) is 16.3. The Morgan fingerprint density at radius 1 is 1.22 bits per heavy atom. The molecule has 0 atom stereocenters. The van der Waals surface area contributed by atoms with E-state index in [0.29, 0.717) is 12.5 Å². The van der Waals surface area contributed by atoms with Crippen molar-refractivity contribution < 1.29 is 17.9 Å². The van der Waals surface area contributed by atoms with Crippen molar-refractivity contribution in [3.63, 3.8) is 0 Å². The highest BCUT2D eigenvalue weighted by molar-refractivity contribution is 7.89. The lowest BCUT2D eigenvalue weighted by molar-refractivity contribution is 0.0945. The van der Waals surface area contributed by atoms with Gasteiger partial charge in [0.1, 0.15) is 0 Å². The molecule has 0 radical (unpaired) electrons. The van der Waals surface area contributed by atoms with Crippen molar-refractivity contribution in [3.05, 3.63) is 52.7 Å². The number of halogens is 1. The predicted molar refractivity (Wildman–Crippen MR) is 101 cm³/mol.